The summed E-state index contributed by atoms with van der Waals surface area (Å²) in [6.45, 7) is 8.03. The first-order valence-electron chi connectivity index (χ1n) is 10.4. The summed E-state index contributed by atoms with van der Waals surface area (Å²) in [5.41, 5.74) is 2.52. The van der Waals surface area contributed by atoms with Gasteiger partial charge in [0.15, 0.2) is 0 Å². The van der Waals surface area contributed by atoms with Crippen LogP contribution in [0.1, 0.15) is 48.2 Å². The summed E-state index contributed by atoms with van der Waals surface area (Å²) in [5.74, 6) is -0.443. The van der Waals surface area contributed by atoms with Crippen molar-refractivity contribution in [1.29, 1.82) is 0 Å². The lowest BCUT2D eigenvalue weighted by Crippen LogP contribution is -2.47. The summed E-state index contributed by atoms with van der Waals surface area (Å²) >= 11 is 0. The van der Waals surface area contributed by atoms with Crippen LogP contribution in [0, 0.1) is 13.8 Å². The van der Waals surface area contributed by atoms with Crippen LogP contribution in [0.4, 0.5) is 5.69 Å². The molecule has 2 amide bonds. The van der Waals surface area contributed by atoms with Crippen molar-refractivity contribution in [1.82, 2.24) is 10.2 Å². The predicted molar refractivity (Wildman–Crippen MR) is 121 cm³/mol. The monoisotopic (exact) mass is 443 g/mol. The molecule has 166 valence electrons. The highest BCUT2D eigenvalue weighted by Crippen LogP contribution is 2.23. The molecule has 2 N–H and O–H groups in total. The van der Waals surface area contributed by atoms with Gasteiger partial charge >= 0.3 is 0 Å². The minimum absolute atomic E-state index is 0.00630. The molecule has 0 aliphatic carbocycles. The fraction of sp³-hybridized carbons (Fsp3) is 0.391. The summed E-state index contributed by atoms with van der Waals surface area (Å²) in [4.78, 5) is 27.3. The van der Waals surface area contributed by atoms with E-state index in [0.29, 0.717) is 24.2 Å². The van der Waals surface area contributed by atoms with Gasteiger partial charge in [0.2, 0.25) is 5.91 Å². The fourth-order valence-corrected chi connectivity index (χ4v) is 4.77. The summed E-state index contributed by atoms with van der Waals surface area (Å²) < 4.78 is 28.1. The first-order valence-corrected chi connectivity index (χ1v) is 11.9. The van der Waals surface area contributed by atoms with Crippen molar-refractivity contribution in [3.05, 3.63) is 59.2 Å². The molecule has 1 aliphatic rings. The summed E-state index contributed by atoms with van der Waals surface area (Å²) in [6, 6.07) is 10.8. The maximum atomic E-state index is 13.1. The van der Waals surface area contributed by atoms with E-state index in [9.17, 15) is 18.0 Å². The van der Waals surface area contributed by atoms with E-state index in [2.05, 4.69) is 10.0 Å². The molecule has 1 heterocycles. The molecule has 1 aliphatic heterocycles. The average molecular weight is 444 g/mol. The van der Waals surface area contributed by atoms with E-state index in [1.165, 1.54) is 6.07 Å². The van der Waals surface area contributed by atoms with Gasteiger partial charge in [-0.25, -0.2) is 8.42 Å². The lowest BCUT2D eigenvalue weighted by molar-refractivity contribution is -0.125. The van der Waals surface area contributed by atoms with Gasteiger partial charge in [0, 0.05) is 23.8 Å². The second kappa shape index (κ2) is 9.09. The maximum absolute atomic E-state index is 13.1. The van der Waals surface area contributed by atoms with Crippen LogP contribution in [0.3, 0.4) is 0 Å². The Labute approximate surface area is 183 Å². The molecule has 2 aromatic rings. The van der Waals surface area contributed by atoms with Crippen molar-refractivity contribution >= 4 is 27.5 Å². The molecule has 1 atom stereocenters. The molecule has 0 radical (unpaired) electrons. The number of benzene rings is 2. The van der Waals surface area contributed by atoms with Crippen LogP contribution in [-0.4, -0.2) is 43.8 Å². The first-order chi connectivity index (χ1) is 14.6. The SMILES string of the molecule is Cc1ccc(S(=O)(=O)Nc2cccc(C(=O)N3CCC[C@@H]3C(=O)NC(C)C)c2)cc1C. The van der Waals surface area contributed by atoms with Crippen LogP contribution in [0.2, 0.25) is 0 Å². The molecule has 0 spiro atoms. The Morgan fingerprint density at radius 3 is 2.48 bits per heavy atom. The highest BCUT2D eigenvalue weighted by atomic mass is 32.2. The first kappa shape index (κ1) is 22.8. The number of nitrogens with one attached hydrogen (secondary N) is 2. The molecular formula is C23H29N3O4S. The van der Waals surface area contributed by atoms with Crippen LogP contribution in [0.15, 0.2) is 47.4 Å². The number of nitrogens with zero attached hydrogens (tertiary/aromatic N) is 1. The Morgan fingerprint density at radius 2 is 1.81 bits per heavy atom. The standard InChI is InChI=1S/C23H29N3O4S/c1-15(2)24-22(27)21-9-6-12-26(21)23(28)18-7-5-8-19(14-18)25-31(29,30)20-11-10-16(3)17(4)13-20/h5,7-8,10-11,13-15,21,25H,6,9,12H2,1-4H3,(H,24,27)/t21-/m1/s1. The number of anilines is 1. The van der Waals surface area contributed by atoms with Gasteiger partial charge in [0.25, 0.3) is 15.9 Å². The summed E-state index contributed by atoms with van der Waals surface area (Å²) in [7, 11) is -3.79. The zero-order valence-corrected chi connectivity index (χ0v) is 19.1. The third kappa shape index (κ3) is 5.25. The van der Waals surface area contributed by atoms with Gasteiger partial charge in [0.1, 0.15) is 6.04 Å². The number of hydrogen-bond acceptors (Lipinski definition) is 4. The number of hydrogen-bond donors (Lipinski definition) is 2. The van der Waals surface area contributed by atoms with E-state index in [1.807, 2.05) is 27.7 Å². The number of likely N-dealkylation sites (tertiary alicyclic amines) is 1. The Balaban J connectivity index is 1.80. The Bertz CT molecular complexity index is 1100. The van der Waals surface area contributed by atoms with E-state index in [0.717, 1.165) is 17.5 Å². The molecule has 3 rings (SSSR count). The second-order valence-electron chi connectivity index (χ2n) is 8.25. The molecular weight excluding hydrogens is 414 g/mol. The number of amides is 2. The molecule has 1 saturated heterocycles. The van der Waals surface area contributed by atoms with Gasteiger partial charge in [0.05, 0.1) is 4.90 Å². The molecule has 0 unspecified atom stereocenters. The number of carbonyl (C=O) groups excluding carboxylic acids is 2. The number of aryl methyl sites for hydroxylation is 2. The minimum Gasteiger partial charge on any atom is -0.352 e. The Hall–Kier alpha value is -2.87. The molecule has 0 saturated carbocycles. The minimum atomic E-state index is -3.79. The molecule has 2 aromatic carbocycles. The Kier molecular flexibility index (Phi) is 6.69. The molecule has 0 aromatic heterocycles. The van der Waals surface area contributed by atoms with Gasteiger partial charge in [-0.1, -0.05) is 12.1 Å². The van der Waals surface area contributed by atoms with Crippen molar-refractivity contribution in [2.75, 3.05) is 11.3 Å². The fourth-order valence-electron chi connectivity index (χ4n) is 3.64. The van der Waals surface area contributed by atoms with Gasteiger partial charge < -0.3 is 10.2 Å². The molecule has 1 fully saturated rings. The van der Waals surface area contributed by atoms with Crippen LogP contribution in [0.5, 0.6) is 0 Å². The maximum Gasteiger partial charge on any atom is 0.261 e. The van der Waals surface area contributed by atoms with Gasteiger partial charge in [-0.3, -0.25) is 14.3 Å². The third-order valence-corrected chi connectivity index (χ3v) is 6.78. The Morgan fingerprint density at radius 1 is 1.06 bits per heavy atom. The van der Waals surface area contributed by atoms with Crippen LogP contribution in [0.25, 0.3) is 0 Å². The smallest absolute Gasteiger partial charge is 0.261 e. The lowest BCUT2D eigenvalue weighted by Gasteiger charge is -2.25. The second-order valence-corrected chi connectivity index (χ2v) is 9.93. The normalized spacial score (nSPS) is 16.4. The highest BCUT2D eigenvalue weighted by molar-refractivity contribution is 7.92. The topological polar surface area (TPSA) is 95.6 Å². The average Bonchev–Trinajstić information content (AvgIpc) is 3.19. The van der Waals surface area contributed by atoms with E-state index >= 15 is 0 Å². The largest absolute Gasteiger partial charge is 0.352 e. The van der Waals surface area contributed by atoms with Gasteiger partial charge in [-0.15, -0.1) is 0 Å². The summed E-state index contributed by atoms with van der Waals surface area (Å²) in [5, 5.41) is 2.87. The van der Waals surface area contributed by atoms with Crippen molar-refractivity contribution in [3.63, 3.8) is 0 Å². The third-order valence-electron chi connectivity index (χ3n) is 5.40. The molecule has 31 heavy (non-hydrogen) atoms. The van der Waals surface area contributed by atoms with E-state index in [4.69, 9.17) is 0 Å². The van der Waals surface area contributed by atoms with Crippen LogP contribution >= 0.6 is 0 Å². The lowest BCUT2D eigenvalue weighted by atomic mass is 10.1. The quantitative estimate of drug-likeness (QED) is 0.716. The zero-order valence-electron chi connectivity index (χ0n) is 18.3. The number of carbonyl (C=O) groups is 2. The summed E-state index contributed by atoms with van der Waals surface area (Å²) in [6.07, 6.45) is 1.37. The molecule has 8 heteroatoms. The van der Waals surface area contributed by atoms with E-state index in [-0.39, 0.29) is 22.8 Å². The van der Waals surface area contributed by atoms with Gasteiger partial charge in [-0.05, 0) is 82.0 Å². The number of sulfonamides is 1. The number of rotatable bonds is 6. The van der Waals surface area contributed by atoms with Crippen LogP contribution < -0.4 is 10.0 Å². The zero-order chi connectivity index (χ0) is 22.8. The van der Waals surface area contributed by atoms with Crippen molar-refractivity contribution in [3.8, 4) is 0 Å². The van der Waals surface area contributed by atoms with E-state index < -0.39 is 16.1 Å². The van der Waals surface area contributed by atoms with Gasteiger partial charge in [-0.2, -0.15) is 0 Å². The van der Waals surface area contributed by atoms with E-state index in [1.54, 1.807) is 41.3 Å². The van der Waals surface area contributed by atoms with Crippen molar-refractivity contribution in [2.45, 2.75) is 57.5 Å². The van der Waals surface area contributed by atoms with Crippen LogP contribution in [-0.2, 0) is 14.8 Å². The predicted octanol–water partition coefficient (Wildman–Crippen LogP) is 3.23. The highest BCUT2D eigenvalue weighted by Gasteiger charge is 2.34. The molecule has 7 nitrogen and oxygen atoms in total. The van der Waals surface area contributed by atoms with Crippen molar-refractivity contribution < 1.29 is 18.0 Å². The molecule has 0 bridgehead atoms. The van der Waals surface area contributed by atoms with Crippen molar-refractivity contribution in [2.24, 2.45) is 0 Å².